The van der Waals surface area contributed by atoms with E-state index in [1.165, 1.54) is 24.3 Å². The Bertz CT molecular complexity index is 901. The van der Waals surface area contributed by atoms with Crippen molar-refractivity contribution in [1.29, 1.82) is 0 Å². The summed E-state index contributed by atoms with van der Waals surface area (Å²) in [6.45, 7) is -0.0547. The highest BCUT2D eigenvalue weighted by atomic mass is 35.5. The van der Waals surface area contributed by atoms with Crippen LogP contribution in [0.5, 0.6) is 0 Å². The molecule has 0 aliphatic carbocycles. The van der Waals surface area contributed by atoms with Crippen LogP contribution < -0.4 is 10.2 Å². The Labute approximate surface area is 156 Å². The van der Waals surface area contributed by atoms with Crippen LogP contribution in [0.2, 0.25) is 5.02 Å². The predicted molar refractivity (Wildman–Crippen MR) is 91.9 cm³/mol. The van der Waals surface area contributed by atoms with E-state index in [1.54, 1.807) is 0 Å². The molecule has 0 saturated carbocycles. The molecule has 1 saturated heterocycles. The van der Waals surface area contributed by atoms with E-state index >= 15 is 0 Å². The van der Waals surface area contributed by atoms with Gasteiger partial charge in [0.1, 0.15) is 5.82 Å². The third kappa shape index (κ3) is 4.21. The summed E-state index contributed by atoms with van der Waals surface area (Å²) in [6, 6.07) is 8.01. The van der Waals surface area contributed by atoms with Crippen molar-refractivity contribution in [3.63, 3.8) is 0 Å². The first kappa shape index (κ1) is 19.2. The van der Waals surface area contributed by atoms with E-state index in [9.17, 15) is 27.2 Å². The minimum Gasteiger partial charge on any atom is -0.326 e. The number of anilines is 2. The second kappa shape index (κ2) is 7.19. The fourth-order valence-electron chi connectivity index (χ4n) is 2.80. The first-order chi connectivity index (χ1) is 12.6. The highest BCUT2D eigenvalue weighted by molar-refractivity contribution is 6.31. The molecule has 0 bridgehead atoms. The van der Waals surface area contributed by atoms with Crippen molar-refractivity contribution < 1.29 is 27.2 Å². The number of hydrogen-bond acceptors (Lipinski definition) is 2. The first-order valence-electron chi connectivity index (χ1n) is 7.88. The van der Waals surface area contributed by atoms with E-state index in [1.807, 2.05) is 0 Å². The van der Waals surface area contributed by atoms with Crippen LogP contribution in [0.4, 0.5) is 28.9 Å². The van der Waals surface area contributed by atoms with Gasteiger partial charge in [-0.05, 0) is 36.4 Å². The normalized spacial score (nSPS) is 17.3. The van der Waals surface area contributed by atoms with E-state index in [0.29, 0.717) is 0 Å². The lowest BCUT2D eigenvalue weighted by atomic mass is 10.1. The predicted octanol–water partition coefficient (Wildman–Crippen LogP) is 4.49. The number of hydrogen-bond donors (Lipinski definition) is 1. The summed E-state index contributed by atoms with van der Waals surface area (Å²) >= 11 is 5.65. The fraction of sp³-hybridized carbons (Fsp3) is 0.222. The Hall–Kier alpha value is -2.61. The molecule has 0 aromatic heterocycles. The van der Waals surface area contributed by atoms with Gasteiger partial charge >= 0.3 is 6.18 Å². The topological polar surface area (TPSA) is 49.4 Å². The fourth-order valence-corrected chi connectivity index (χ4v) is 2.98. The molecule has 1 N–H and O–H groups in total. The van der Waals surface area contributed by atoms with Crippen LogP contribution in [0.1, 0.15) is 12.0 Å². The van der Waals surface area contributed by atoms with Crippen LogP contribution in [-0.2, 0) is 15.8 Å². The standard InChI is InChI=1S/C18H13ClF4N2O2/c19-14-8-12(4-5-15(14)20)24-17(27)10-6-16(26)25(9-10)13-3-1-2-11(7-13)18(21,22)23/h1-5,7-8,10H,6,9H2,(H,24,27)/t10-/m1/s1. The maximum Gasteiger partial charge on any atom is 0.416 e. The lowest BCUT2D eigenvalue weighted by Crippen LogP contribution is -2.28. The number of amides is 2. The van der Waals surface area contributed by atoms with Gasteiger partial charge in [0.05, 0.1) is 16.5 Å². The van der Waals surface area contributed by atoms with Crippen LogP contribution in [-0.4, -0.2) is 18.4 Å². The molecular weight excluding hydrogens is 388 g/mol. The Morgan fingerprint density at radius 1 is 1.19 bits per heavy atom. The molecule has 2 aromatic carbocycles. The van der Waals surface area contributed by atoms with Gasteiger partial charge in [0.2, 0.25) is 11.8 Å². The van der Waals surface area contributed by atoms with Crippen molar-refractivity contribution in [3.05, 3.63) is 58.9 Å². The zero-order chi connectivity index (χ0) is 19.8. The number of benzene rings is 2. The van der Waals surface area contributed by atoms with Crippen LogP contribution >= 0.6 is 11.6 Å². The molecule has 1 atom stereocenters. The van der Waals surface area contributed by atoms with Crippen molar-refractivity contribution in [2.45, 2.75) is 12.6 Å². The Balaban J connectivity index is 1.73. The number of carbonyl (C=O) groups excluding carboxylic acids is 2. The van der Waals surface area contributed by atoms with Crippen LogP contribution in [0.25, 0.3) is 0 Å². The van der Waals surface area contributed by atoms with Gasteiger partial charge in [0, 0.05) is 24.3 Å². The van der Waals surface area contributed by atoms with Gasteiger partial charge in [-0.25, -0.2) is 4.39 Å². The zero-order valence-corrected chi connectivity index (χ0v) is 14.4. The summed E-state index contributed by atoms with van der Waals surface area (Å²) in [7, 11) is 0. The molecule has 0 radical (unpaired) electrons. The summed E-state index contributed by atoms with van der Waals surface area (Å²) in [5.74, 6) is -2.34. The van der Waals surface area contributed by atoms with Crippen molar-refractivity contribution >= 4 is 34.8 Å². The number of rotatable bonds is 3. The Kier molecular flexibility index (Phi) is 5.10. The molecule has 0 unspecified atom stereocenters. The average molecular weight is 401 g/mol. The number of carbonyl (C=O) groups is 2. The van der Waals surface area contributed by atoms with Gasteiger partial charge in [-0.3, -0.25) is 9.59 Å². The molecule has 2 amide bonds. The van der Waals surface area contributed by atoms with Crippen molar-refractivity contribution in [3.8, 4) is 0 Å². The molecule has 9 heteroatoms. The lowest BCUT2D eigenvalue weighted by Gasteiger charge is -2.18. The van der Waals surface area contributed by atoms with Gasteiger partial charge in [0.25, 0.3) is 0 Å². The third-order valence-electron chi connectivity index (χ3n) is 4.17. The number of halogens is 5. The second-order valence-electron chi connectivity index (χ2n) is 6.07. The van der Waals surface area contributed by atoms with E-state index in [-0.39, 0.29) is 29.4 Å². The van der Waals surface area contributed by atoms with Crippen LogP contribution in [0.3, 0.4) is 0 Å². The molecule has 1 fully saturated rings. The zero-order valence-electron chi connectivity index (χ0n) is 13.7. The quantitative estimate of drug-likeness (QED) is 0.772. The molecular formula is C18H13ClF4N2O2. The van der Waals surface area contributed by atoms with Gasteiger partial charge in [-0.1, -0.05) is 17.7 Å². The maximum atomic E-state index is 13.2. The summed E-state index contributed by atoms with van der Waals surface area (Å²) in [5, 5.41) is 2.37. The SMILES string of the molecule is O=C(Nc1ccc(F)c(Cl)c1)[C@@H]1CC(=O)N(c2cccc(C(F)(F)F)c2)C1. The molecule has 0 spiro atoms. The number of nitrogens with one attached hydrogen (secondary N) is 1. The Morgan fingerprint density at radius 3 is 2.59 bits per heavy atom. The summed E-state index contributed by atoms with van der Waals surface area (Å²) in [4.78, 5) is 25.7. The smallest absolute Gasteiger partial charge is 0.326 e. The summed E-state index contributed by atoms with van der Waals surface area (Å²) in [6.07, 6.45) is -4.67. The third-order valence-corrected chi connectivity index (χ3v) is 4.46. The molecule has 142 valence electrons. The van der Waals surface area contributed by atoms with Gasteiger partial charge in [-0.2, -0.15) is 13.2 Å². The molecule has 1 heterocycles. The highest BCUT2D eigenvalue weighted by Gasteiger charge is 2.37. The summed E-state index contributed by atoms with van der Waals surface area (Å²) in [5.41, 5.74) is -0.534. The molecule has 27 heavy (non-hydrogen) atoms. The van der Waals surface area contributed by atoms with Crippen LogP contribution in [0.15, 0.2) is 42.5 Å². The summed E-state index contributed by atoms with van der Waals surface area (Å²) < 4.78 is 51.7. The van der Waals surface area contributed by atoms with Crippen molar-refractivity contribution in [2.75, 3.05) is 16.8 Å². The number of nitrogens with zero attached hydrogens (tertiary/aromatic N) is 1. The minimum atomic E-state index is -4.53. The monoisotopic (exact) mass is 400 g/mol. The van der Waals surface area contributed by atoms with E-state index < -0.39 is 35.3 Å². The van der Waals surface area contributed by atoms with Crippen molar-refractivity contribution in [2.24, 2.45) is 5.92 Å². The first-order valence-corrected chi connectivity index (χ1v) is 8.26. The molecule has 1 aliphatic heterocycles. The Morgan fingerprint density at radius 2 is 1.93 bits per heavy atom. The van der Waals surface area contributed by atoms with Crippen LogP contribution in [0, 0.1) is 11.7 Å². The molecule has 3 rings (SSSR count). The average Bonchev–Trinajstić information content (AvgIpc) is 2.99. The van der Waals surface area contributed by atoms with Gasteiger partial charge in [-0.15, -0.1) is 0 Å². The van der Waals surface area contributed by atoms with E-state index in [4.69, 9.17) is 11.6 Å². The van der Waals surface area contributed by atoms with Gasteiger partial charge < -0.3 is 10.2 Å². The molecule has 4 nitrogen and oxygen atoms in total. The van der Waals surface area contributed by atoms with Gasteiger partial charge in [0.15, 0.2) is 0 Å². The molecule has 1 aliphatic rings. The van der Waals surface area contributed by atoms with E-state index in [0.717, 1.165) is 23.1 Å². The van der Waals surface area contributed by atoms with E-state index in [2.05, 4.69) is 5.32 Å². The maximum absolute atomic E-state index is 13.2. The second-order valence-corrected chi connectivity index (χ2v) is 6.48. The minimum absolute atomic E-state index is 0.0547. The lowest BCUT2D eigenvalue weighted by molar-refractivity contribution is -0.137. The number of alkyl halides is 3. The largest absolute Gasteiger partial charge is 0.416 e. The van der Waals surface area contributed by atoms with Crippen molar-refractivity contribution in [1.82, 2.24) is 0 Å². The highest BCUT2D eigenvalue weighted by Crippen LogP contribution is 2.33. The molecule has 2 aromatic rings.